The third-order valence-corrected chi connectivity index (χ3v) is 4.64. The van der Waals surface area contributed by atoms with E-state index in [-0.39, 0.29) is 22.2 Å². The molecule has 24 heavy (non-hydrogen) atoms. The second-order valence-electron chi connectivity index (χ2n) is 6.28. The second-order valence-corrected chi connectivity index (χ2v) is 6.28. The molecule has 1 fully saturated rings. The molecular weight excluding hydrogens is 323 g/mol. The van der Waals surface area contributed by atoms with E-state index in [4.69, 9.17) is 0 Å². The van der Waals surface area contributed by atoms with E-state index < -0.39 is 24.2 Å². The number of halogens is 3. The van der Waals surface area contributed by atoms with Crippen LogP contribution in [0.2, 0.25) is 0 Å². The third kappa shape index (κ3) is 2.90. The van der Waals surface area contributed by atoms with E-state index in [0.717, 1.165) is 38.3 Å². The first kappa shape index (κ1) is 16.9. The number of nitrogens with zero attached hydrogens (tertiary/aromatic N) is 3. The van der Waals surface area contributed by atoms with Crippen LogP contribution < -0.4 is 0 Å². The molecule has 8 heteroatoms. The smallest absolute Gasteiger partial charge is 0.362 e. The van der Waals surface area contributed by atoms with Crippen LogP contribution in [0.25, 0.3) is 0 Å². The molecule has 1 aliphatic carbocycles. The highest BCUT2D eigenvalue weighted by molar-refractivity contribution is 5.98. The Balaban J connectivity index is 1.94. The van der Waals surface area contributed by atoms with Gasteiger partial charge in [-0.3, -0.25) is 9.78 Å². The van der Waals surface area contributed by atoms with Gasteiger partial charge in [0.2, 0.25) is 0 Å². The van der Waals surface area contributed by atoms with Crippen molar-refractivity contribution in [1.82, 2.24) is 9.99 Å². The topological polar surface area (TPSA) is 65.8 Å². The summed E-state index contributed by atoms with van der Waals surface area (Å²) in [7, 11) is 0. The average Bonchev–Trinajstić information content (AvgIpc) is 2.95. The van der Waals surface area contributed by atoms with Crippen LogP contribution in [-0.4, -0.2) is 38.6 Å². The predicted octanol–water partition coefficient (Wildman–Crippen LogP) is 3.11. The maximum Gasteiger partial charge on any atom is 0.438 e. The molecule has 0 saturated heterocycles. The van der Waals surface area contributed by atoms with Gasteiger partial charge in [-0.2, -0.15) is 23.3 Å². The number of carbonyl (C=O) groups is 1. The molecule has 1 amide bonds. The Labute approximate surface area is 137 Å². The maximum atomic E-state index is 13.5. The van der Waals surface area contributed by atoms with Gasteiger partial charge in [0.15, 0.2) is 0 Å². The molecule has 1 atom stereocenters. The Bertz CT molecular complexity index is 642. The van der Waals surface area contributed by atoms with Gasteiger partial charge < -0.3 is 5.11 Å². The summed E-state index contributed by atoms with van der Waals surface area (Å²) in [4.78, 5) is 16.2. The zero-order chi connectivity index (χ0) is 17.4. The summed E-state index contributed by atoms with van der Waals surface area (Å²) in [5.74, 6) is -1.12. The largest absolute Gasteiger partial charge is 0.438 e. The first-order valence-corrected chi connectivity index (χ1v) is 7.94. The molecule has 3 rings (SSSR count). The molecule has 1 aliphatic heterocycles. The van der Waals surface area contributed by atoms with Crippen molar-refractivity contribution >= 4 is 11.6 Å². The van der Waals surface area contributed by atoms with Gasteiger partial charge in [0, 0.05) is 24.5 Å². The van der Waals surface area contributed by atoms with Gasteiger partial charge in [-0.15, -0.1) is 0 Å². The summed E-state index contributed by atoms with van der Waals surface area (Å²) in [6, 6.07) is 2.79. The van der Waals surface area contributed by atoms with E-state index in [2.05, 4.69) is 10.1 Å². The van der Waals surface area contributed by atoms with Crippen molar-refractivity contribution in [3.05, 3.63) is 30.1 Å². The van der Waals surface area contributed by atoms with Crippen molar-refractivity contribution in [3.63, 3.8) is 0 Å². The molecule has 130 valence electrons. The number of aliphatic hydroxyl groups is 1. The van der Waals surface area contributed by atoms with Crippen molar-refractivity contribution in [1.29, 1.82) is 0 Å². The van der Waals surface area contributed by atoms with Crippen molar-refractivity contribution in [2.45, 2.75) is 50.4 Å². The molecule has 1 saturated carbocycles. The summed E-state index contributed by atoms with van der Waals surface area (Å²) < 4.78 is 40.4. The molecular formula is C16H18F3N3O2. The fraction of sp³-hybridized carbons (Fsp3) is 0.562. The maximum absolute atomic E-state index is 13.5. The molecule has 1 aromatic rings. The number of carbonyl (C=O) groups excluding carboxylic acids is 1. The highest BCUT2D eigenvalue weighted by Gasteiger charge is 2.63. The first-order chi connectivity index (χ1) is 11.3. The number of hydrazone groups is 1. The van der Waals surface area contributed by atoms with E-state index in [1.807, 2.05) is 0 Å². The Hall–Kier alpha value is -1.96. The lowest BCUT2D eigenvalue weighted by Crippen LogP contribution is -2.56. The molecule has 5 nitrogen and oxygen atoms in total. The van der Waals surface area contributed by atoms with Gasteiger partial charge in [-0.1, -0.05) is 19.3 Å². The Morgan fingerprint density at radius 3 is 2.58 bits per heavy atom. The van der Waals surface area contributed by atoms with E-state index in [9.17, 15) is 23.1 Å². The van der Waals surface area contributed by atoms with Gasteiger partial charge in [0.05, 0.1) is 5.56 Å². The number of amides is 1. The third-order valence-electron chi connectivity index (χ3n) is 4.64. The van der Waals surface area contributed by atoms with Crippen LogP contribution in [0.1, 0.15) is 48.9 Å². The van der Waals surface area contributed by atoms with Gasteiger partial charge >= 0.3 is 6.18 Å². The Kier molecular flexibility index (Phi) is 4.33. The normalized spacial score (nSPS) is 25.7. The van der Waals surface area contributed by atoms with Crippen molar-refractivity contribution < 1.29 is 23.1 Å². The zero-order valence-corrected chi connectivity index (χ0v) is 13.0. The van der Waals surface area contributed by atoms with Crippen molar-refractivity contribution in [3.8, 4) is 0 Å². The SMILES string of the molecule is O=C(c1cccnc1)N1N=C(C2CCCCC2)C[C@]1(O)C(F)(F)F. The van der Waals surface area contributed by atoms with Crippen LogP contribution in [0, 0.1) is 5.92 Å². The molecule has 1 aromatic heterocycles. The fourth-order valence-corrected chi connectivity index (χ4v) is 3.28. The minimum Gasteiger partial charge on any atom is -0.362 e. The summed E-state index contributed by atoms with van der Waals surface area (Å²) in [6.07, 6.45) is 1.25. The van der Waals surface area contributed by atoms with Crippen LogP contribution in [0.15, 0.2) is 29.6 Å². The predicted molar refractivity (Wildman–Crippen MR) is 80.0 cm³/mol. The van der Waals surface area contributed by atoms with E-state index in [1.54, 1.807) is 0 Å². The standard InChI is InChI=1S/C16H18F3N3O2/c17-16(18,19)15(24)9-13(11-5-2-1-3-6-11)21-22(15)14(23)12-7-4-8-20-10-12/h4,7-8,10-11,24H,1-3,5-6,9H2/t15-/m0/s1. The Morgan fingerprint density at radius 1 is 1.29 bits per heavy atom. The minimum atomic E-state index is -5.00. The van der Waals surface area contributed by atoms with Gasteiger partial charge in [-0.05, 0) is 30.9 Å². The number of hydrogen-bond donors (Lipinski definition) is 1. The lowest BCUT2D eigenvalue weighted by Gasteiger charge is -2.32. The highest BCUT2D eigenvalue weighted by Crippen LogP contribution is 2.43. The van der Waals surface area contributed by atoms with Gasteiger partial charge in [-0.25, -0.2) is 0 Å². The highest BCUT2D eigenvalue weighted by atomic mass is 19.4. The molecule has 0 radical (unpaired) electrons. The van der Waals surface area contributed by atoms with E-state index in [0.29, 0.717) is 0 Å². The minimum absolute atomic E-state index is 0.0474. The molecule has 2 aliphatic rings. The van der Waals surface area contributed by atoms with Crippen LogP contribution in [-0.2, 0) is 0 Å². The van der Waals surface area contributed by atoms with Crippen LogP contribution >= 0.6 is 0 Å². The summed E-state index contributed by atoms with van der Waals surface area (Å²) >= 11 is 0. The number of rotatable bonds is 2. The number of hydrogen-bond acceptors (Lipinski definition) is 4. The van der Waals surface area contributed by atoms with Gasteiger partial charge in [0.1, 0.15) is 0 Å². The van der Waals surface area contributed by atoms with Gasteiger partial charge in [0.25, 0.3) is 11.6 Å². The molecule has 2 heterocycles. The quantitative estimate of drug-likeness (QED) is 0.899. The lowest BCUT2D eigenvalue weighted by molar-refractivity contribution is -0.297. The molecule has 1 N–H and O–H groups in total. The average molecular weight is 341 g/mol. The second kappa shape index (κ2) is 6.16. The Morgan fingerprint density at radius 2 is 2.00 bits per heavy atom. The fourth-order valence-electron chi connectivity index (χ4n) is 3.28. The molecule has 0 spiro atoms. The van der Waals surface area contributed by atoms with Crippen LogP contribution in [0.5, 0.6) is 0 Å². The van der Waals surface area contributed by atoms with Crippen molar-refractivity contribution in [2.75, 3.05) is 0 Å². The van der Waals surface area contributed by atoms with Crippen LogP contribution in [0.3, 0.4) is 0 Å². The number of aromatic nitrogens is 1. The number of pyridine rings is 1. The van der Waals surface area contributed by atoms with E-state index in [1.165, 1.54) is 18.3 Å². The van der Waals surface area contributed by atoms with Crippen LogP contribution in [0.4, 0.5) is 13.2 Å². The molecule has 0 aromatic carbocycles. The monoisotopic (exact) mass is 341 g/mol. The molecule has 0 unspecified atom stereocenters. The van der Waals surface area contributed by atoms with E-state index >= 15 is 0 Å². The summed E-state index contributed by atoms with van der Waals surface area (Å²) in [5, 5.41) is 14.4. The molecule has 0 bridgehead atoms. The zero-order valence-electron chi connectivity index (χ0n) is 13.0. The number of alkyl halides is 3. The van der Waals surface area contributed by atoms with Crippen molar-refractivity contribution in [2.24, 2.45) is 11.0 Å². The lowest BCUT2D eigenvalue weighted by atomic mass is 9.83. The summed E-state index contributed by atoms with van der Waals surface area (Å²) in [6.45, 7) is 0. The first-order valence-electron chi connectivity index (χ1n) is 7.94. The summed E-state index contributed by atoms with van der Waals surface area (Å²) in [5.41, 5.74) is -3.09.